The maximum Gasteiger partial charge on any atom is 0.326 e. The number of urea groups is 1. The summed E-state index contributed by atoms with van der Waals surface area (Å²) in [5.41, 5.74) is 0.655. The van der Waals surface area contributed by atoms with Crippen molar-refractivity contribution in [3.63, 3.8) is 0 Å². The van der Waals surface area contributed by atoms with Gasteiger partial charge in [0.15, 0.2) is 0 Å². The zero-order chi connectivity index (χ0) is 15.2. The van der Waals surface area contributed by atoms with E-state index in [0.717, 1.165) is 6.42 Å². The van der Waals surface area contributed by atoms with Crippen LogP contribution in [0.3, 0.4) is 0 Å². The molecule has 1 fully saturated rings. The molecule has 1 aromatic rings. The highest BCUT2D eigenvalue weighted by atomic mass is 16.4. The van der Waals surface area contributed by atoms with Crippen molar-refractivity contribution in [1.82, 2.24) is 20.2 Å². The first kappa shape index (κ1) is 15.3. The van der Waals surface area contributed by atoms with Crippen molar-refractivity contribution in [2.24, 2.45) is 5.92 Å². The Kier molecular flexibility index (Phi) is 5.15. The fourth-order valence-corrected chi connectivity index (χ4v) is 2.49. The Balaban J connectivity index is 1.88. The van der Waals surface area contributed by atoms with Gasteiger partial charge in [0.1, 0.15) is 6.04 Å². The van der Waals surface area contributed by atoms with Crippen LogP contribution in [-0.2, 0) is 11.2 Å². The molecule has 1 aliphatic rings. The summed E-state index contributed by atoms with van der Waals surface area (Å²) in [5.74, 6) is -0.791. The van der Waals surface area contributed by atoms with Gasteiger partial charge < -0.3 is 25.4 Å². The third-order valence-corrected chi connectivity index (χ3v) is 3.69. The number of aliphatic carboxylic acids is 1. The summed E-state index contributed by atoms with van der Waals surface area (Å²) < 4.78 is 0. The molecule has 8 heteroatoms. The molecule has 0 radical (unpaired) electrons. The predicted octanol–water partition coefficient (Wildman–Crippen LogP) is -0.181. The number of carboxylic acid groups (broad SMARTS) is 1. The zero-order valence-corrected chi connectivity index (χ0v) is 11.7. The average Bonchev–Trinajstić information content (AvgIpc) is 3.09. The number of amides is 2. The second-order valence-electron chi connectivity index (χ2n) is 5.23. The third-order valence-electron chi connectivity index (χ3n) is 3.69. The monoisotopic (exact) mass is 296 g/mol. The second-order valence-corrected chi connectivity index (χ2v) is 5.23. The molecular weight excluding hydrogens is 276 g/mol. The molecule has 8 nitrogen and oxygen atoms in total. The summed E-state index contributed by atoms with van der Waals surface area (Å²) in [5, 5.41) is 20.6. The van der Waals surface area contributed by atoms with Crippen LogP contribution in [0.2, 0.25) is 0 Å². The first-order chi connectivity index (χ1) is 10.1. The van der Waals surface area contributed by atoms with Gasteiger partial charge in [0.05, 0.1) is 6.33 Å². The van der Waals surface area contributed by atoms with Gasteiger partial charge in [-0.05, 0) is 18.8 Å². The number of likely N-dealkylation sites (tertiary alicyclic amines) is 1. The molecule has 1 aromatic heterocycles. The van der Waals surface area contributed by atoms with E-state index in [1.54, 1.807) is 4.90 Å². The maximum atomic E-state index is 12.1. The molecule has 2 atom stereocenters. The molecule has 1 aliphatic heterocycles. The molecule has 0 aliphatic carbocycles. The lowest BCUT2D eigenvalue weighted by Crippen LogP contribution is -2.48. The van der Waals surface area contributed by atoms with E-state index >= 15 is 0 Å². The number of aromatic amines is 1. The Morgan fingerprint density at radius 2 is 2.38 bits per heavy atom. The Morgan fingerprint density at radius 1 is 1.57 bits per heavy atom. The number of carbonyl (C=O) groups excluding carboxylic acids is 1. The molecule has 2 amide bonds. The molecule has 2 heterocycles. The average molecular weight is 296 g/mol. The summed E-state index contributed by atoms with van der Waals surface area (Å²) in [6, 6.07) is -1.36. The highest BCUT2D eigenvalue weighted by molar-refractivity contribution is 5.82. The summed E-state index contributed by atoms with van der Waals surface area (Å²) in [6.07, 6.45) is 4.67. The van der Waals surface area contributed by atoms with Gasteiger partial charge in [-0.2, -0.15) is 0 Å². The minimum absolute atomic E-state index is 0.109. The number of hydrogen-bond donors (Lipinski definition) is 4. The van der Waals surface area contributed by atoms with E-state index in [1.165, 1.54) is 12.5 Å². The van der Waals surface area contributed by atoms with Crippen molar-refractivity contribution in [1.29, 1.82) is 0 Å². The van der Waals surface area contributed by atoms with Crippen LogP contribution in [0.1, 0.15) is 18.5 Å². The minimum atomic E-state index is -1.08. The van der Waals surface area contributed by atoms with Crippen molar-refractivity contribution in [2.45, 2.75) is 25.3 Å². The topological polar surface area (TPSA) is 119 Å². The lowest BCUT2D eigenvalue weighted by atomic mass is 10.1. The molecule has 4 N–H and O–H groups in total. The van der Waals surface area contributed by atoms with E-state index in [9.17, 15) is 14.7 Å². The van der Waals surface area contributed by atoms with Gasteiger partial charge in [-0.25, -0.2) is 14.6 Å². The van der Waals surface area contributed by atoms with Gasteiger partial charge in [-0.1, -0.05) is 0 Å². The minimum Gasteiger partial charge on any atom is -0.480 e. The van der Waals surface area contributed by atoms with Crippen molar-refractivity contribution in [2.75, 3.05) is 19.7 Å². The Labute approximate surface area is 122 Å². The highest BCUT2D eigenvalue weighted by Crippen LogP contribution is 2.19. The van der Waals surface area contributed by atoms with Gasteiger partial charge >= 0.3 is 12.0 Å². The van der Waals surface area contributed by atoms with Gasteiger partial charge in [0, 0.05) is 38.0 Å². The lowest BCUT2D eigenvalue weighted by Gasteiger charge is -2.20. The Hall–Kier alpha value is -2.09. The van der Waals surface area contributed by atoms with Crippen LogP contribution in [0.15, 0.2) is 12.5 Å². The smallest absolute Gasteiger partial charge is 0.326 e. The number of nitrogens with zero attached hydrogens (tertiary/aromatic N) is 2. The molecular formula is C13H20N4O4. The van der Waals surface area contributed by atoms with Crippen LogP contribution in [0.4, 0.5) is 4.79 Å². The molecule has 116 valence electrons. The number of aromatic nitrogens is 2. The van der Waals surface area contributed by atoms with Gasteiger partial charge in [-0.15, -0.1) is 0 Å². The summed E-state index contributed by atoms with van der Waals surface area (Å²) in [7, 11) is 0. The molecule has 21 heavy (non-hydrogen) atoms. The fourth-order valence-electron chi connectivity index (χ4n) is 2.49. The first-order valence-electron chi connectivity index (χ1n) is 6.96. The number of H-pyrrole nitrogens is 1. The molecule has 0 spiro atoms. The number of rotatable bonds is 6. The second kappa shape index (κ2) is 7.07. The number of nitrogens with one attached hydrogen (secondary N) is 2. The van der Waals surface area contributed by atoms with Crippen LogP contribution >= 0.6 is 0 Å². The molecule has 0 bridgehead atoms. The normalized spacial score (nSPS) is 19.5. The fraction of sp³-hybridized carbons (Fsp3) is 0.615. The van der Waals surface area contributed by atoms with E-state index < -0.39 is 12.0 Å². The van der Waals surface area contributed by atoms with Crippen molar-refractivity contribution >= 4 is 12.0 Å². The van der Waals surface area contributed by atoms with E-state index in [0.29, 0.717) is 25.2 Å². The lowest BCUT2D eigenvalue weighted by molar-refractivity contribution is -0.139. The number of hydrogen-bond acceptors (Lipinski definition) is 4. The molecule has 0 aromatic carbocycles. The standard InChI is InChI=1S/C13H20N4O4/c18-4-2-9-1-3-17(7-9)13(21)16-11(12(19)20)5-10-6-14-8-15-10/h6,8-9,11,18H,1-5,7H2,(H,14,15)(H,16,21)(H,19,20). The largest absolute Gasteiger partial charge is 0.480 e. The van der Waals surface area contributed by atoms with Crippen LogP contribution in [-0.4, -0.2) is 62.8 Å². The molecule has 2 unspecified atom stereocenters. The summed E-state index contributed by atoms with van der Waals surface area (Å²) >= 11 is 0. The number of carbonyl (C=O) groups is 2. The zero-order valence-electron chi connectivity index (χ0n) is 11.7. The van der Waals surface area contributed by atoms with Crippen LogP contribution in [0, 0.1) is 5.92 Å². The van der Waals surface area contributed by atoms with Crippen molar-refractivity contribution in [3.05, 3.63) is 18.2 Å². The maximum absolute atomic E-state index is 12.1. The number of imidazole rings is 1. The Bertz CT molecular complexity index is 477. The van der Waals surface area contributed by atoms with E-state index in [1.807, 2.05) is 0 Å². The number of aliphatic hydroxyl groups is 1. The highest BCUT2D eigenvalue weighted by Gasteiger charge is 2.29. The first-order valence-corrected chi connectivity index (χ1v) is 6.96. The SMILES string of the molecule is O=C(O)C(Cc1cnc[nH]1)NC(=O)N1CCC(CCO)C1. The predicted molar refractivity (Wildman–Crippen MR) is 73.6 cm³/mol. The van der Waals surface area contributed by atoms with Gasteiger partial charge in [0.25, 0.3) is 0 Å². The molecule has 2 rings (SSSR count). The number of aliphatic hydroxyl groups excluding tert-OH is 1. The van der Waals surface area contributed by atoms with Gasteiger partial charge in [-0.3, -0.25) is 0 Å². The van der Waals surface area contributed by atoms with E-state index in [4.69, 9.17) is 5.11 Å². The van der Waals surface area contributed by atoms with Crippen LogP contribution in [0.5, 0.6) is 0 Å². The van der Waals surface area contributed by atoms with Crippen LogP contribution < -0.4 is 5.32 Å². The van der Waals surface area contributed by atoms with E-state index in [-0.39, 0.29) is 25.0 Å². The van der Waals surface area contributed by atoms with Crippen molar-refractivity contribution in [3.8, 4) is 0 Å². The molecule has 0 saturated carbocycles. The summed E-state index contributed by atoms with van der Waals surface area (Å²) in [6.45, 7) is 1.26. The Morgan fingerprint density at radius 3 is 3.00 bits per heavy atom. The third kappa shape index (κ3) is 4.19. The van der Waals surface area contributed by atoms with Crippen molar-refractivity contribution < 1.29 is 19.8 Å². The van der Waals surface area contributed by atoms with E-state index in [2.05, 4.69) is 15.3 Å². The van der Waals surface area contributed by atoms with Crippen LogP contribution in [0.25, 0.3) is 0 Å². The summed E-state index contributed by atoms with van der Waals surface area (Å²) in [4.78, 5) is 31.6. The molecule has 1 saturated heterocycles. The quantitative estimate of drug-likeness (QED) is 0.580. The van der Waals surface area contributed by atoms with Gasteiger partial charge in [0.2, 0.25) is 0 Å². The number of carboxylic acids is 1.